The molecule has 1 fully saturated rings. The zero-order valence-electron chi connectivity index (χ0n) is 21.3. The topological polar surface area (TPSA) is 76.6 Å². The molecule has 4 aromatic rings. The van der Waals surface area contributed by atoms with E-state index in [1.807, 2.05) is 42.7 Å². The molecule has 6 rings (SSSR count). The van der Waals surface area contributed by atoms with Crippen molar-refractivity contribution in [2.24, 2.45) is 0 Å². The van der Waals surface area contributed by atoms with Crippen molar-refractivity contribution in [3.8, 4) is 6.07 Å². The van der Waals surface area contributed by atoms with Gasteiger partial charge in [0.2, 0.25) is 5.95 Å². The van der Waals surface area contributed by atoms with Gasteiger partial charge in [-0.2, -0.15) is 5.26 Å². The maximum absolute atomic E-state index is 9.18. The number of fused-ring (bicyclic) bond motifs is 2. The fraction of sp³-hybridized carbons (Fsp3) is 0.379. The molecule has 0 amide bonds. The van der Waals surface area contributed by atoms with Crippen molar-refractivity contribution in [1.82, 2.24) is 29.2 Å². The summed E-state index contributed by atoms with van der Waals surface area (Å²) in [5, 5.41) is 9.18. The standard InChI is InChI=1S/C29H32N8/c1-34(26-9-3-7-24-8-4-11-31-28(24)26)20-25-21-37-27(33-25)10-12-32-29(37)36-15-13-35(14-16-36)19-23-6-2-5-22(17-23)18-30/h2,4-6,8,10-12,17,21,26H,3,7,9,13-16,19-20H2,1H3. The van der Waals surface area contributed by atoms with Crippen LogP contribution in [-0.2, 0) is 19.5 Å². The van der Waals surface area contributed by atoms with Crippen LogP contribution in [0.2, 0.25) is 0 Å². The molecule has 188 valence electrons. The number of nitrogens with zero attached hydrogens (tertiary/aromatic N) is 8. The maximum atomic E-state index is 9.18. The third kappa shape index (κ3) is 4.93. The number of benzene rings is 1. The van der Waals surface area contributed by atoms with Crippen LogP contribution < -0.4 is 4.90 Å². The van der Waals surface area contributed by atoms with Gasteiger partial charge in [-0.05, 0) is 61.7 Å². The Morgan fingerprint density at radius 2 is 1.95 bits per heavy atom. The van der Waals surface area contributed by atoms with Crippen LogP contribution in [-0.4, -0.2) is 62.4 Å². The van der Waals surface area contributed by atoms with E-state index in [0.717, 1.165) is 75.0 Å². The lowest BCUT2D eigenvalue weighted by atomic mass is 9.91. The molecule has 0 bridgehead atoms. The van der Waals surface area contributed by atoms with Crippen molar-refractivity contribution in [2.45, 2.75) is 38.4 Å². The van der Waals surface area contributed by atoms with Gasteiger partial charge in [0.25, 0.3) is 0 Å². The molecule has 2 aliphatic rings. The van der Waals surface area contributed by atoms with Crippen LogP contribution in [0.25, 0.3) is 5.65 Å². The van der Waals surface area contributed by atoms with E-state index in [4.69, 9.17) is 15.0 Å². The highest BCUT2D eigenvalue weighted by atomic mass is 15.3. The van der Waals surface area contributed by atoms with Crippen LogP contribution in [0.1, 0.15) is 47.0 Å². The highest BCUT2D eigenvalue weighted by Gasteiger charge is 2.26. The summed E-state index contributed by atoms with van der Waals surface area (Å²) in [5.41, 5.74) is 6.50. The van der Waals surface area contributed by atoms with Crippen molar-refractivity contribution < 1.29 is 0 Å². The molecule has 37 heavy (non-hydrogen) atoms. The van der Waals surface area contributed by atoms with Gasteiger partial charge >= 0.3 is 0 Å². The normalized spacial score (nSPS) is 18.2. The molecular formula is C29H32N8. The molecule has 8 heteroatoms. The summed E-state index contributed by atoms with van der Waals surface area (Å²) in [6.07, 6.45) is 9.38. The van der Waals surface area contributed by atoms with Crippen LogP contribution in [0, 0.1) is 11.3 Å². The molecule has 1 aromatic carbocycles. The number of aromatic nitrogens is 4. The predicted octanol–water partition coefficient (Wildman–Crippen LogP) is 3.83. The molecule has 1 saturated heterocycles. The van der Waals surface area contributed by atoms with Crippen molar-refractivity contribution in [1.29, 1.82) is 5.26 Å². The van der Waals surface area contributed by atoms with Gasteiger partial charge in [-0.25, -0.2) is 9.97 Å². The molecule has 1 aliphatic carbocycles. The van der Waals surface area contributed by atoms with Crippen molar-refractivity contribution in [3.05, 3.63) is 89.1 Å². The van der Waals surface area contributed by atoms with Crippen molar-refractivity contribution in [2.75, 3.05) is 38.1 Å². The highest BCUT2D eigenvalue weighted by Crippen LogP contribution is 2.32. The van der Waals surface area contributed by atoms with Gasteiger partial charge in [-0.1, -0.05) is 18.2 Å². The van der Waals surface area contributed by atoms with Crippen molar-refractivity contribution in [3.63, 3.8) is 0 Å². The molecule has 0 saturated carbocycles. The first-order valence-corrected chi connectivity index (χ1v) is 13.1. The Hall–Kier alpha value is -3.80. The monoisotopic (exact) mass is 492 g/mol. The minimum Gasteiger partial charge on any atom is -0.339 e. The molecule has 4 heterocycles. The second-order valence-corrected chi connectivity index (χ2v) is 10.2. The Balaban J connectivity index is 1.14. The second kappa shape index (κ2) is 10.3. The highest BCUT2D eigenvalue weighted by molar-refractivity contribution is 5.48. The van der Waals surface area contributed by atoms with Gasteiger partial charge in [0.05, 0.1) is 29.1 Å². The van der Waals surface area contributed by atoms with E-state index in [1.54, 1.807) is 0 Å². The minimum absolute atomic E-state index is 0.328. The Morgan fingerprint density at radius 1 is 1.05 bits per heavy atom. The summed E-state index contributed by atoms with van der Waals surface area (Å²) in [5.74, 6) is 0.953. The summed E-state index contributed by atoms with van der Waals surface area (Å²) >= 11 is 0. The average molecular weight is 493 g/mol. The number of hydrogen-bond acceptors (Lipinski definition) is 7. The number of nitriles is 1. The fourth-order valence-electron chi connectivity index (χ4n) is 5.75. The number of anilines is 1. The summed E-state index contributed by atoms with van der Waals surface area (Å²) in [6, 6.07) is 16.7. The lowest BCUT2D eigenvalue weighted by Crippen LogP contribution is -2.46. The van der Waals surface area contributed by atoms with Crippen LogP contribution in [0.5, 0.6) is 0 Å². The lowest BCUT2D eigenvalue weighted by Gasteiger charge is -2.35. The molecule has 1 atom stereocenters. The smallest absolute Gasteiger partial charge is 0.211 e. The molecule has 1 unspecified atom stereocenters. The number of piperazine rings is 1. The number of imidazole rings is 1. The van der Waals surface area contributed by atoms with Gasteiger partial charge in [0.1, 0.15) is 5.65 Å². The van der Waals surface area contributed by atoms with Gasteiger partial charge in [0.15, 0.2) is 0 Å². The molecular weight excluding hydrogens is 460 g/mol. The molecule has 8 nitrogen and oxygen atoms in total. The summed E-state index contributed by atoms with van der Waals surface area (Å²) in [7, 11) is 2.18. The van der Waals surface area contributed by atoms with E-state index in [0.29, 0.717) is 6.04 Å². The molecule has 3 aromatic heterocycles. The summed E-state index contributed by atoms with van der Waals surface area (Å²) < 4.78 is 2.14. The molecule has 0 radical (unpaired) electrons. The number of hydrogen-bond donors (Lipinski definition) is 0. The van der Waals surface area contributed by atoms with E-state index in [9.17, 15) is 5.26 Å². The quantitative estimate of drug-likeness (QED) is 0.405. The molecule has 0 N–H and O–H groups in total. The first-order chi connectivity index (χ1) is 18.2. The lowest BCUT2D eigenvalue weighted by molar-refractivity contribution is 0.206. The average Bonchev–Trinajstić information content (AvgIpc) is 3.36. The number of aryl methyl sites for hydroxylation is 1. The van der Waals surface area contributed by atoms with Gasteiger partial charge in [-0.3, -0.25) is 19.2 Å². The second-order valence-electron chi connectivity index (χ2n) is 10.2. The predicted molar refractivity (Wildman–Crippen MR) is 143 cm³/mol. The van der Waals surface area contributed by atoms with Crippen LogP contribution in [0.15, 0.2) is 61.1 Å². The van der Waals surface area contributed by atoms with E-state index >= 15 is 0 Å². The van der Waals surface area contributed by atoms with Crippen molar-refractivity contribution >= 4 is 11.6 Å². The number of rotatable bonds is 6. The van der Waals surface area contributed by atoms with Gasteiger partial charge in [-0.15, -0.1) is 0 Å². The van der Waals surface area contributed by atoms with E-state index < -0.39 is 0 Å². The summed E-state index contributed by atoms with van der Waals surface area (Å²) in [6.45, 7) is 5.35. The first-order valence-electron chi connectivity index (χ1n) is 13.1. The van der Waals surface area contributed by atoms with Crippen LogP contribution in [0.3, 0.4) is 0 Å². The third-order valence-electron chi connectivity index (χ3n) is 7.64. The minimum atomic E-state index is 0.328. The SMILES string of the molecule is CN(Cc1cn2c(N3CCN(Cc4cccc(C#N)c4)CC3)nccc2n1)C1CCCc2cccnc21. The van der Waals surface area contributed by atoms with Gasteiger partial charge in [0, 0.05) is 57.9 Å². The largest absolute Gasteiger partial charge is 0.339 e. The fourth-order valence-corrected chi connectivity index (χ4v) is 5.75. The van der Waals surface area contributed by atoms with E-state index in [-0.39, 0.29) is 0 Å². The third-order valence-corrected chi connectivity index (χ3v) is 7.64. The van der Waals surface area contributed by atoms with E-state index in [1.165, 1.54) is 23.2 Å². The Morgan fingerprint density at radius 3 is 2.81 bits per heavy atom. The molecule has 1 aliphatic heterocycles. The Bertz CT molecular complexity index is 1430. The maximum Gasteiger partial charge on any atom is 0.211 e. The molecule has 0 spiro atoms. The summed E-state index contributed by atoms with van der Waals surface area (Å²) in [4.78, 5) is 21.6. The first kappa shape index (κ1) is 23.6. The zero-order valence-corrected chi connectivity index (χ0v) is 21.3. The zero-order chi connectivity index (χ0) is 25.2. The van der Waals surface area contributed by atoms with Gasteiger partial charge < -0.3 is 4.90 Å². The van der Waals surface area contributed by atoms with Crippen LogP contribution in [0.4, 0.5) is 5.95 Å². The van der Waals surface area contributed by atoms with E-state index in [2.05, 4.69) is 50.5 Å². The van der Waals surface area contributed by atoms with Crippen LogP contribution >= 0.6 is 0 Å². The number of pyridine rings is 1. The Labute approximate surface area is 217 Å². The Kier molecular flexibility index (Phi) is 6.56.